The van der Waals surface area contributed by atoms with Crippen molar-refractivity contribution in [2.75, 3.05) is 19.7 Å². The lowest BCUT2D eigenvalue weighted by Gasteiger charge is -2.20. The van der Waals surface area contributed by atoms with Crippen LogP contribution in [0.15, 0.2) is 0 Å². The molecule has 3 nitrogen and oxygen atoms in total. The van der Waals surface area contributed by atoms with Crippen LogP contribution in [0.25, 0.3) is 0 Å². The molecule has 0 aromatic carbocycles. The number of ether oxygens (including phenoxy) is 1. The molecular weight excluding hydrogens is 188 g/mol. The van der Waals surface area contributed by atoms with E-state index < -0.39 is 0 Å². The number of hydrogen-bond donors (Lipinski definition) is 2. The summed E-state index contributed by atoms with van der Waals surface area (Å²) in [6.07, 6.45) is 5.43. The summed E-state index contributed by atoms with van der Waals surface area (Å²) in [7, 11) is 0. The first-order valence-electron chi connectivity index (χ1n) is 6.29. The molecule has 0 aromatic heterocycles. The molecule has 15 heavy (non-hydrogen) atoms. The second kappa shape index (κ2) is 7.20. The van der Waals surface area contributed by atoms with Gasteiger partial charge in [-0.2, -0.15) is 0 Å². The van der Waals surface area contributed by atoms with E-state index in [1.54, 1.807) is 0 Å². The standard InChI is InChI=1S/C12H26N2O/c1-10(2)12(9-13)14-7-3-5-11-6-4-8-15-11/h10-12,14H,3-9,13H2,1-2H3. The zero-order chi connectivity index (χ0) is 11.1. The molecule has 1 fully saturated rings. The Labute approximate surface area is 93.8 Å². The van der Waals surface area contributed by atoms with E-state index in [-0.39, 0.29) is 0 Å². The fourth-order valence-corrected chi connectivity index (χ4v) is 2.08. The van der Waals surface area contributed by atoms with Gasteiger partial charge in [-0.25, -0.2) is 0 Å². The van der Waals surface area contributed by atoms with Crippen LogP contribution in [0.1, 0.15) is 39.5 Å². The van der Waals surface area contributed by atoms with Crippen LogP contribution >= 0.6 is 0 Å². The Morgan fingerprint density at radius 1 is 1.47 bits per heavy atom. The van der Waals surface area contributed by atoms with Crippen LogP contribution in [0.2, 0.25) is 0 Å². The Hall–Kier alpha value is -0.120. The lowest BCUT2D eigenvalue weighted by molar-refractivity contribution is 0.102. The van der Waals surface area contributed by atoms with Gasteiger partial charge in [0.25, 0.3) is 0 Å². The maximum absolute atomic E-state index is 5.69. The predicted octanol–water partition coefficient (Wildman–Crippen LogP) is 1.52. The highest BCUT2D eigenvalue weighted by Gasteiger charge is 2.15. The molecule has 1 aliphatic heterocycles. The van der Waals surface area contributed by atoms with Gasteiger partial charge in [0.1, 0.15) is 0 Å². The zero-order valence-corrected chi connectivity index (χ0v) is 10.2. The number of nitrogens with two attached hydrogens (primary N) is 1. The highest BCUT2D eigenvalue weighted by molar-refractivity contribution is 4.72. The van der Waals surface area contributed by atoms with Crippen LogP contribution in [0, 0.1) is 5.92 Å². The molecule has 1 saturated heterocycles. The van der Waals surface area contributed by atoms with Crippen LogP contribution in [0.4, 0.5) is 0 Å². The van der Waals surface area contributed by atoms with Gasteiger partial charge in [0.05, 0.1) is 6.10 Å². The van der Waals surface area contributed by atoms with Crippen LogP contribution in [0.3, 0.4) is 0 Å². The molecule has 0 amide bonds. The molecule has 2 atom stereocenters. The van der Waals surface area contributed by atoms with E-state index in [1.807, 2.05) is 0 Å². The minimum absolute atomic E-state index is 0.467. The average Bonchev–Trinajstić information content (AvgIpc) is 2.70. The van der Waals surface area contributed by atoms with Gasteiger partial charge in [0, 0.05) is 19.2 Å². The van der Waals surface area contributed by atoms with Crippen LogP contribution in [-0.4, -0.2) is 31.8 Å². The average molecular weight is 214 g/mol. The molecule has 0 bridgehead atoms. The largest absolute Gasteiger partial charge is 0.378 e. The van der Waals surface area contributed by atoms with E-state index in [4.69, 9.17) is 10.5 Å². The van der Waals surface area contributed by atoms with E-state index in [1.165, 1.54) is 25.7 Å². The van der Waals surface area contributed by atoms with E-state index >= 15 is 0 Å². The molecule has 90 valence electrons. The van der Waals surface area contributed by atoms with Gasteiger partial charge >= 0.3 is 0 Å². The van der Waals surface area contributed by atoms with Crippen molar-refractivity contribution >= 4 is 0 Å². The molecule has 0 aromatic rings. The molecule has 2 unspecified atom stereocenters. The molecule has 1 aliphatic rings. The van der Waals surface area contributed by atoms with Crippen molar-refractivity contribution in [1.29, 1.82) is 0 Å². The molecule has 0 aliphatic carbocycles. The van der Waals surface area contributed by atoms with Gasteiger partial charge < -0.3 is 15.8 Å². The van der Waals surface area contributed by atoms with E-state index in [0.717, 1.165) is 19.7 Å². The molecule has 0 radical (unpaired) electrons. The van der Waals surface area contributed by atoms with Crippen molar-refractivity contribution in [3.63, 3.8) is 0 Å². The normalized spacial score (nSPS) is 23.6. The SMILES string of the molecule is CC(C)C(CN)NCCCC1CCCO1. The first-order chi connectivity index (χ1) is 7.24. The first-order valence-corrected chi connectivity index (χ1v) is 6.29. The topological polar surface area (TPSA) is 47.3 Å². The lowest BCUT2D eigenvalue weighted by Crippen LogP contribution is -2.40. The van der Waals surface area contributed by atoms with Crippen LogP contribution < -0.4 is 11.1 Å². The maximum atomic E-state index is 5.69. The number of nitrogens with one attached hydrogen (secondary N) is 1. The fraction of sp³-hybridized carbons (Fsp3) is 1.00. The quantitative estimate of drug-likeness (QED) is 0.632. The van der Waals surface area contributed by atoms with Gasteiger partial charge in [-0.05, 0) is 38.1 Å². The lowest BCUT2D eigenvalue weighted by atomic mass is 10.0. The van der Waals surface area contributed by atoms with Gasteiger partial charge in [-0.15, -0.1) is 0 Å². The Kier molecular flexibility index (Phi) is 6.22. The smallest absolute Gasteiger partial charge is 0.0576 e. The van der Waals surface area contributed by atoms with Crippen molar-refractivity contribution in [3.8, 4) is 0 Å². The third-order valence-electron chi connectivity index (χ3n) is 3.19. The fourth-order valence-electron chi connectivity index (χ4n) is 2.08. The second-order valence-corrected chi connectivity index (χ2v) is 4.82. The molecule has 3 heteroatoms. The van der Waals surface area contributed by atoms with Crippen molar-refractivity contribution in [1.82, 2.24) is 5.32 Å². The summed E-state index contributed by atoms with van der Waals surface area (Å²) in [6.45, 7) is 7.20. The molecular formula is C12H26N2O. The number of rotatable bonds is 7. The minimum atomic E-state index is 0.467. The van der Waals surface area contributed by atoms with Gasteiger partial charge in [-0.1, -0.05) is 13.8 Å². The Balaban J connectivity index is 1.99. The van der Waals surface area contributed by atoms with Crippen molar-refractivity contribution in [2.45, 2.75) is 51.7 Å². The Morgan fingerprint density at radius 3 is 2.80 bits per heavy atom. The molecule has 1 rings (SSSR count). The van der Waals surface area contributed by atoms with E-state index in [2.05, 4.69) is 19.2 Å². The summed E-state index contributed by atoms with van der Waals surface area (Å²) in [4.78, 5) is 0. The van der Waals surface area contributed by atoms with Crippen LogP contribution in [-0.2, 0) is 4.74 Å². The third kappa shape index (κ3) is 4.96. The first kappa shape index (κ1) is 12.9. The molecule has 1 heterocycles. The van der Waals surface area contributed by atoms with E-state index in [0.29, 0.717) is 18.1 Å². The summed E-state index contributed by atoms with van der Waals surface area (Å²) in [5.41, 5.74) is 5.69. The van der Waals surface area contributed by atoms with Gasteiger partial charge in [0.2, 0.25) is 0 Å². The molecule has 0 spiro atoms. The molecule has 0 saturated carbocycles. The number of hydrogen-bond acceptors (Lipinski definition) is 3. The van der Waals surface area contributed by atoms with Crippen molar-refractivity contribution in [3.05, 3.63) is 0 Å². The summed E-state index contributed by atoms with van der Waals surface area (Å²) < 4.78 is 5.58. The maximum Gasteiger partial charge on any atom is 0.0576 e. The molecule has 3 N–H and O–H groups in total. The third-order valence-corrected chi connectivity index (χ3v) is 3.19. The Morgan fingerprint density at radius 2 is 2.27 bits per heavy atom. The summed E-state index contributed by atoms with van der Waals surface area (Å²) in [5, 5.41) is 3.51. The highest BCUT2D eigenvalue weighted by atomic mass is 16.5. The van der Waals surface area contributed by atoms with Crippen LogP contribution in [0.5, 0.6) is 0 Å². The second-order valence-electron chi connectivity index (χ2n) is 4.82. The minimum Gasteiger partial charge on any atom is -0.378 e. The summed E-state index contributed by atoms with van der Waals surface area (Å²) in [5.74, 6) is 0.623. The van der Waals surface area contributed by atoms with Crippen molar-refractivity contribution in [2.24, 2.45) is 11.7 Å². The monoisotopic (exact) mass is 214 g/mol. The van der Waals surface area contributed by atoms with E-state index in [9.17, 15) is 0 Å². The summed E-state index contributed by atoms with van der Waals surface area (Å²) in [6, 6.07) is 0.467. The Bertz CT molecular complexity index is 156. The highest BCUT2D eigenvalue weighted by Crippen LogP contribution is 2.16. The van der Waals surface area contributed by atoms with Crippen molar-refractivity contribution < 1.29 is 4.74 Å². The predicted molar refractivity (Wildman–Crippen MR) is 63.9 cm³/mol. The van der Waals surface area contributed by atoms with Gasteiger partial charge in [-0.3, -0.25) is 0 Å². The summed E-state index contributed by atoms with van der Waals surface area (Å²) >= 11 is 0. The van der Waals surface area contributed by atoms with Gasteiger partial charge in [0.15, 0.2) is 0 Å². The zero-order valence-electron chi connectivity index (χ0n) is 10.2.